The predicted molar refractivity (Wildman–Crippen MR) is 149 cm³/mol. The standard InChI is InChI=1S/C28H29N7O3S/c1-28(2,3)34-39(37,38)21-15-20(16-29-17-21)26-32-27(31-24(18-36)23-11-7-8-13-30-23)25-22(12-14-35(25)33-26)19-9-5-4-6-10-19/h4-17,24,34,36H,18H2,1-3H3,(H,31,32,33). The summed E-state index contributed by atoms with van der Waals surface area (Å²) in [5.74, 6) is 0.716. The van der Waals surface area contributed by atoms with Gasteiger partial charge in [-0.1, -0.05) is 36.4 Å². The van der Waals surface area contributed by atoms with Crippen molar-refractivity contribution in [2.45, 2.75) is 37.2 Å². The lowest BCUT2D eigenvalue weighted by atomic mass is 10.1. The maximum absolute atomic E-state index is 13.0. The van der Waals surface area contributed by atoms with E-state index in [2.05, 4.69) is 25.1 Å². The van der Waals surface area contributed by atoms with Crippen LogP contribution in [0.3, 0.4) is 0 Å². The van der Waals surface area contributed by atoms with Crippen molar-refractivity contribution >= 4 is 21.4 Å². The van der Waals surface area contributed by atoms with E-state index >= 15 is 0 Å². The first-order chi connectivity index (χ1) is 18.6. The Morgan fingerprint density at radius 3 is 2.46 bits per heavy atom. The molecule has 0 amide bonds. The second-order valence-corrected chi connectivity index (χ2v) is 11.8. The Morgan fingerprint density at radius 2 is 1.77 bits per heavy atom. The number of rotatable bonds is 8. The molecule has 39 heavy (non-hydrogen) atoms. The first kappa shape index (κ1) is 26.4. The topological polar surface area (TPSA) is 134 Å². The summed E-state index contributed by atoms with van der Waals surface area (Å²) in [6, 6.07) is 18.2. The number of aliphatic hydroxyl groups excluding tert-OH is 1. The summed E-state index contributed by atoms with van der Waals surface area (Å²) >= 11 is 0. The molecule has 0 spiro atoms. The molecular weight excluding hydrogens is 514 g/mol. The van der Waals surface area contributed by atoms with Gasteiger partial charge in [-0.25, -0.2) is 22.6 Å². The number of hydrogen-bond acceptors (Lipinski definition) is 8. The lowest BCUT2D eigenvalue weighted by Gasteiger charge is -2.20. The van der Waals surface area contributed by atoms with Crippen LogP contribution < -0.4 is 10.0 Å². The Bertz CT molecular complexity index is 1700. The average Bonchev–Trinajstić information content (AvgIpc) is 3.36. The SMILES string of the molecule is CC(C)(C)NS(=O)(=O)c1cncc(-c2nc(NC(CO)c3ccccn3)c3c(-c4ccccc4)ccn3n2)c1. The van der Waals surface area contributed by atoms with Crippen molar-refractivity contribution in [3.63, 3.8) is 0 Å². The van der Waals surface area contributed by atoms with E-state index in [0.717, 1.165) is 11.1 Å². The largest absolute Gasteiger partial charge is 0.394 e. The van der Waals surface area contributed by atoms with Gasteiger partial charge in [-0.05, 0) is 50.6 Å². The van der Waals surface area contributed by atoms with Crippen LogP contribution in [0.1, 0.15) is 32.5 Å². The third-order valence-electron chi connectivity index (χ3n) is 5.86. The number of benzene rings is 1. The molecule has 0 radical (unpaired) electrons. The van der Waals surface area contributed by atoms with Crippen LogP contribution in [0.5, 0.6) is 0 Å². The fourth-order valence-electron chi connectivity index (χ4n) is 4.21. The van der Waals surface area contributed by atoms with E-state index in [9.17, 15) is 13.5 Å². The van der Waals surface area contributed by atoms with Crippen LogP contribution in [0.15, 0.2) is 90.3 Å². The van der Waals surface area contributed by atoms with Gasteiger partial charge in [0.2, 0.25) is 10.0 Å². The van der Waals surface area contributed by atoms with Gasteiger partial charge in [0, 0.05) is 41.5 Å². The molecule has 1 unspecified atom stereocenters. The van der Waals surface area contributed by atoms with E-state index in [1.54, 1.807) is 31.5 Å². The maximum atomic E-state index is 13.0. The second-order valence-electron chi connectivity index (χ2n) is 10.1. The highest BCUT2D eigenvalue weighted by molar-refractivity contribution is 7.89. The van der Waals surface area contributed by atoms with E-state index in [0.29, 0.717) is 22.6 Å². The monoisotopic (exact) mass is 543 g/mol. The van der Waals surface area contributed by atoms with E-state index in [-0.39, 0.29) is 17.3 Å². The van der Waals surface area contributed by atoms with Crippen LogP contribution >= 0.6 is 0 Å². The third-order valence-corrected chi connectivity index (χ3v) is 7.58. The summed E-state index contributed by atoms with van der Waals surface area (Å²) in [5, 5.41) is 18.2. The number of aromatic nitrogens is 5. The molecule has 0 fully saturated rings. The Labute approximate surface area is 226 Å². The van der Waals surface area contributed by atoms with Crippen LogP contribution in [0.4, 0.5) is 5.82 Å². The number of fused-ring (bicyclic) bond motifs is 1. The smallest absolute Gasteiger partial charge is 0.242 e. The number of aliphatic hydroxyl groups is 1. The number of nitrogens with one attached hydrogen (secondary N) is 2. The number of hydrogen-bond donors (Lipinski definition) is 3. The van der Waals surface area contributed by atoms with Gasteiger partial charge in [0.05, 0.1) is 18.3 Å². The lowest BCUT2D eigenvalue weighted by Crippen LogP contribution is -2.40. The van der Waals surface area contributed by atoms with Gasteiger partial charge in [0.1, 0.15) is 10.4 Å². The van der Waals surface area contributed by atoms with Crippen LogP contribution in [-0.4, -0.2) is 50.2 Å². The first-order valence-corrected chi connectivity index (χ1v) is 13.9. The van der Waals surface area contributed by atoms with Crippen molar-refractivity contribution in [3.05, 3.63) is 91.1 Å². The Kier molecular flexibility index (Phi) is 7.13. The van der Waals surface area contributed by atoms with Gasteiger partial charge in [-0.3, -0.25) is 9.97 Å². The maximum Gasteiger partial charge on any atom is 0.242 e. The third kappa shape index (κ3) is 5.80. The lowest BCUT2D eigenvalue weighted by molar-refractivity contribution is 0.274. The molecule has 4 aromatic heterocycles. The molecule has 0 saturated carbocycles. The number of pyridine rings is 2. The van der Waals surface area contributed by atoms with Gasteiger partial charge in [-0.2, -0.15) is 0 Å². The van der Waals surface area contributed by atoms with Gasteiger partial charge >= 0.3 is 0 Å². The minimum Gasteiger partial charge on any atom is -0.394 e. The fraction of sp³-hybridized carbons (Fsp3) is 0.214. The van der Waals surface area contributed by atoms with E-state index in [1.807, 2.05) is 60.8 Å². The van der Waals surface area contributed by atoms with Crippen molar-refractivity contribution in [1.29, 1.82) is 0 Å². The van der Waals surface area contributed by atoms with Crippen LogP contribution in [-0.2, 0) is 10.0 Å². The Morgan fingerprint density at radius 1 is 1.00 bits per heavy atom. The fourth-order valence-corrected chi connectivity index (χ4v) is 5.61. The highest BCUT2D eigenvalue weighted by Gasteiger charge is 2.24. The number of anilines is 1. The second kappa shape index (κ2) is 10.5. The molecular formula is C28H29N7O3S. The zero-order chi connectivity index (χ0) is 27.6. The van der Waals surface area contributed by atoms with Crippen molar-refractivity contribution in [1.82, 2.24) is 29.3 Å². The zero-order valence-corrected chi connectivity index (χ0v) is 22.6. The van der Waals surface area contributed by atoms with E-state index in [1.165, 1.54) is 18.5 Å². The Balaban J connectivity index is 1.65. The molecule has 5 aromatic rings. The number of nitrogens with zero attached hydrogens (tertiary/aromatic N) is 5. The molecule has 11 heteroatoms. The van der Waals surface area contributed by atoms with Crippen LogP contribution in [0, 0.1) is 0 Å². The normalized spacial score (nSPS) is 12.9. The predicted octanol–water partition coefficient (Wildman–Crippen LogP) is 4.08. The van der Waals surface area contributed by atoms with Crippen molar-refractivity contribution in [2.24, 2.45) is 0 Å². The van der Waals surface area contributed by atoms with Gasteiger partial charge in [0.15, 0.2) is 11.6 Å². The van der Waals surface area contributed by atoms with Crippen LogP contribution in [0.2, 0.25) is 0 Å². The molecule has 1 atom stereocenters. The molecule has 0 aliphatic rings. The van der Waals surface area contributed by atoms with Gasteiger partial charge in [-0.15, -0.1) is 5.10 Å². The summed E-state index contributed by atoms with van der Waals surface area (Å²) < 4.78 is 30.3. The Hall–Kier alpha value is -4.19. The van der Waals surface area contributed by atoms with E-state index < -0.39 is 21.6 Å². The van der Waals surface area contributed by atoms with Crippen molar-refractivity contribution < 1.29 is 13.5 Å². The molecule has 0 bridgehead atoms. The molecule has 5 rings (SSSR count). The highest BCUT2D eigenvalue weighted by atomic mass is 32.2. The summed E-state index contributed by atoms with van der Waals surface area (Å²) in [5.41, 5.74) is 2.97. The minimum atomic E-state index is -3.82. The molecule has 10 nitrogen and oxygen atoms in total. The summed E-state index contributed by atoms with van der Waals surface area (Å²) in [4.78, 5) is 13.4. The van der Waals surface area contributed by atoms with Gasteiger partial charge < -0.3 is 10.4 Å². The number of sulfonamides is 1. The van der Waals surface area contributed by atoms with Crippen LogP contribution in [0.25, 0.3) is 28.0 Å². The quantitative estimate of drug-likeness (QED) is 0.267. The van der Waals surface area contributed by atoms with Crippen molar-refractivity contribution in [3.8, 4) is 22.5 Å². The first-order valence-electron chi connectivity index (χ1n) is 12.4. The highest BCUT2D eigenvalue weighted by Crippen LogP contribution is 2.33. The molecule has 1 aromatic carbocycles. The zero-order valence-electron chi connectivity index (χ0n) is 21.8. The van der Waals surface area contributed by atoms with Crippen molar-refractivity contribution in [2.75, 3.05) is 11.9 Å². The summed E-state index contributed by atoms with van der Waals surface area (Å²) in [6.45, 7) is 5.09. The summed E-state index contributed by atoms with van der Waals surface area (Å²) in [6.07, 6.45) is 6.29. The van der Waals surface area contributed by atoms with E-state index in [4.69, 9.17) is 4.98 Å². The molecule has 0 aliphatic carbocycles. The summed E-state index contributed by atoms with van der Waals surface area (Å²) in [7, 11) is -3.82. The molecule has 0 aliphatic heterocycles. The molecule has 4 heterocycles. The average molecular weight is 544 g/mol. The molecule has 200 valence electrons. The van der Waals surface area contributed by atoms with Gasteiger partial charge in [0.25, 0.3) is 0 Å². The molecule has 3 N–H and O–H groups in total. The molecule has 0 saturated heterocycles. The minimum absolute atomic E-state index is 0.00679.